The average Bonchev–Trinajstić information content (AvgIpc) is 3.16. The molecule has 0 unspecified atom stereocenters. The van der Waals surface area contributed by atoms with Crippen molar-refractivity contribution in [2.75, 3.05) is 0 Å². The van der Waals surface area contributed by atoms with E-state index in [9.17, 15) is 4.79 Å². The number of rotatable bonds is 6. The van der Waals surface area contributed by atoms with Crippen molar-refractivity contribution >= 4 is 16.9 Å². The number of aromatic nitrogens is 4. The predicted octanol–water partition coefficient (Wildman–Crippen LogP) is 2.43. The second-order valence-electron chi connectivity index (χ2n) is 5.68. The number of para-hydroxylation sites is 2. The van der Waals surface area contributed by atoms with E-state index in [2.05, 4.69) is 15.4 Å². The van der Waals surface area contributed by atoms with Crippen LogP contribution >= 0.6 is 0 Å². The highest BCUT2D eigenvalue weighted by molar-refractivity contribution is 5.78. The lowest BCUT2D eigenvalue weighted by Crippen LogP contribution is -2.28. The smallest absolute Gasteiger partial charge is 0.220 e. The lowest BCUT2D eigenvalue weighted by molar-refractivity contribution is -0.121. The number of imidazole rings is 1. The van der Waals surface area contributed by atoms with E-state index in [-0.39, 0.29) is 11.9 Å². The second-order valence-corrected chi connectivity index (χ2v) is 5.68. The third kappa shape index (κ3) is 3.41. The van der Waals surface area contributed by atoms with Crippen LogP contribution in [0.3, 0.4) is 0 Å². The maximum absolute atomic E-state index is 12.1. The van der Waals surface area contributed by atoms with Crippen molar-refractivity contribution in [2.45, 2.75) is 32.4 Å². The summed E-state index contributed by atoms with van der Waals surface area (Å²) < 4.78 is 3.87. The Labute approximate surface area is 135 Å². The average molecular weight is 311 g/mol. The maximum Gasteiger partial charge on any atom is 0.220 e. The van der Waals surface area contributed by atoms with Crippen molar-refractivity contribution in [3.63, 3.8) is 0 Å². The number of carbonyl (C=O) groups excluding carboxylic acids is 1. The Balaban J connectivity index is 1.58. The van der Waals surface area contributed by atoms with Gasteiger partial charge in [0.1, 0.15) is 5.82 Å². The summed E-state index contributed by atoms with van der Waals surface area (Å²) in [6.45, 7) is 2.72. The van der Waals surface area contributed by atoms with Crippen LogP contribution in [-0.4, -0.2) is 25.2 Å². The zero-order chi connectivity index (χ0) is 16.2. The minimum absolute atomic E-state index is 0.0386. The molecule has 3 rings (SSSR count). The Morgan fingerprint density at radius 2 is 2.13 bits per heavy atom. The van der Waals surface area contributed by atoms with Gasteiger partial charge in [0, 0.05) is 32.4 Å². The zero-order valence-corrected chi connectivity index (χ0v) is 13.4. The Morgan fingerprint density at radius 3 is 2.87 bits per heavy atom. The highest BCUT2D eigenvalue weighted by atomic mass is 16.1. The van der Waals surface area contributed by atoms with Gasteiger partial charge in [-0.2, -0.15) is 5.10 Å². The van der Waals surface area contributed by atoms with Crippen LogP contribution in [0.5, 0.6) is 0 Å². The zero-order valence-electron chi connectivity index (χ0n) is 13.4. The van der Waals surface area contributed by atoms with Crippen LogP contribution in [0.2, 0.25) is 0 Å². The Kier molecular flexibility index (Phi) is 4.41. The third-order valence-electron chi connectivity index (χ3n) is 3.94. The molecule has 23 heavy (non-hydrogen) atoms. The molecule has 6 nitrogen and oxygen atoms in total. The molecule has 2 heterocycles. The van der Waals surface area contributed by atoms with Crippen molar-refractivity contribution in [1.29, 1.82) is 0 Å². The molecule has 1 atom stereocenters. The number of hydrogen-bond acceptors (Lipinski definition) is 3. The molecule has 0 radical (unpaired) electrons. The van der Waals surface area contributed by atoms with Gasteiger partial charge in [0.25, 0.3) is 0 Å². The molecule has 0 spiro atoms. The normalized spacial score (nSPS) is 12.4. The molecule has 0 saturated carbocycles. The van der Waals surface area contributed by atoms with Crippen LogP contribution in [0.1, 0.15) is 31.6 Å². The Bertz CT molecular complexity index is 791. The summed E-state index contributed by atoms with van der Waals surface area (Å²) in [4.78, 5) is 16.7. The van der Waals surface area contributed by atoms with E-state index in [1.165, 1.54) is 0 Å². The van der Waals surface area contributed by atoms with Gasteiger partial charge in [-0.05, 0) is 31.5 Å². The SMILES string of the molecule is C[C@@H](NC(=O)CCCn1cccn1)c1nc2ccccc2n1C. The van der Waals surface area contributed by atoms with Gasteiger partial charge >= 0.3 is 0 Å². The van der Waals surface area contributed by atoms with Crippen LogP contribution in [0, 0.1) is 0 Å². The molecule has 2 aromatic heterocycles. The molecule has 1 aromatic carbocycles. The van der Waals surface area contributed by atoms with Crippen molar-refractivity contribution in [1.82, 2.24) is 24.6 Å². The molecule has 6 heteroatoms. The van der Waals surface area contributed by atoms with Gasteiger partial charge < -0.3 is 9.88 Å². The van der Waals surface area contributed by atoms with E-state index < -0.39 is 0 Å². The topological polar surface area (TPSA) is 64.7 Å². The van der Waals surface area contributed by atoms with Crippen molar-refractivity contribution in [2.24, 2.45) is 7.05 Å². The highest BCUT2D eigenvalue weighted by Crippen LogP contribution is 2.19. The number of fused-ring (bicyclic) bond motifs is 1. The standard InChI is InChI=1S/C17H21N5O/c1-13(17-20-14-7-3-4-8-15(14)21(17)2)19-16(23)9-5-11-22-12-6-10-18-22/h3-4,6-8,10,12-13H,5,9,11H2,1-2H3,(H,19,23)/t13-/m1/s1. The van der Waals surface area contributed by atoms with E-state index in [1.54, 1.807) is 6.20 Å². The van der Waals surface area contributed by atoms with Gasteiger partial charge in [-0.25, -0.2) is 4.98 Å². The number of benzene rings is 1. The van der Waals surface area contributed by atoms with Crippen molar-refractivity contribution in [3.05, 3.63) is 48.5 Å². The van der Waals surface area contributed by atoms with Gasteiger partial charge in [0.05, 0.1) is 17.1 Å². The lowest BCUT2D eigenvalue weighted by Gasteiger charge is -2.14. The number of aryl methyl sites for hydroxylation is 2. The van der Waals surface area contributed by atoms with E-state index in [0.29, 0.717) is 6.42 Å². The summed E-state index contributed by atoms with van der Waals surface area (Å²) in [5, 5.41) is 7.16. The van der Waals surface area contributed by atoms with Gasteiger partial charge in [-0.15, -0.1) is 0 Å². The van der Waals surface area contributed by atoms with Crippen LogP contribution in [-0.2, 0) is 18.4 Å². The minimum atomic E-state index is -0.121. The number of nitrogens with zero attached hydrogens (tertiary/aromatic N) is 4. The molecule has 1 amide bonds. The predicted molar refractivity (Wildman–Crippen MR) is 88.7 cm³/mol. The molecule has 0 bridgehead atoms. The molecule has 0 aliphatic heterocycles. The molecule has 3 aromatic rings. The summed E-state index contributed by atoms with van der Waals surface area (Å²) in [6, 6.07) is 9.74. The minimum Gasteiger partial charge on any atom is -0.346 e. The lowest BCUT2D eigenvalue weighted by atomic mass is 10.2. The first-order valence-electron chi connectivity index (χ1n) is 7.83. The van der Waals surface area contributed by atoms with Crippen molar-refractivity contribution in [3.8, 4) is 0 Å². The third-order valence-corrected chi connectivity index (χ3v) is 3.94. The van der Waals surface area contributed by atoms with E-state index in [1.807, 2.05) is 59.7 Å². The number of hydrogen-bond donors (Lipinski definition) is 1. The molecule has 0 aliphatic carbocycles. The first-order chi connectivity index (χ1) is 11.1. The van der Waals surface area contributed by atoms with E-state index >= 15 is 0 Å². The summed E-state index contributed by atoms with van der Waals surface area (Å²) in [6.07, 6.45) is 4.89. The van der Waals surface area contributed by atoms with Crippen LogP contribution < -0.4 is 5.32 Å². The molecular formula is C17H21N5O. The highest BCUT2D eigenvalue weighted by Gasteiger charge is 2.16. The fourth-order valence-corrected chi connectivity index (χ4v) is 2.76. The first kappa shape index (κ1) is 15.3. The first-order valence-corrected chi connectivity index (χ1v) is 7.83. The Hall–Kier alpha value is -2.63. The molecular weight excluding hydrogens is 290 g/mol. The van der Waals surface area contributed by atoms with E-state index in [4.69, 9.17) is 0 Å². The largest absolute Gasteiger partial charge is 0.346 e. The van der Waals surface area contributed by atoms with Gasteiger partial charge in [0.2, 0.25) is 5.91 Å². The molecule has 0 fully saturated rings. The molecule has 0 saturated heterocycles. The summed E-state index contributed by atoms with van der Waals surface area (Å²) >= 11 is 0. The quantitative estimate of drug-likeness (QED) is 0.760. The summed E-state index contributed by atoms with van der Waals surface area (Å²) in [5.41, 5.74) is 2.02. The van der Waals surface area contributed by atoms with Crippen molar-refractivity contribution < 1.29 is 4.79 Å². The fourth-order valence-electron chi connectivity index (χ4n) is 2.76. The van der Waals surface area contributed by atoms with Crippen LogP contribution in [0.4, 0.5) is 0 Å². The molecule has 120 valence electrons. The monoisotopic (exact) mass is 311 g/mol. The van der Waals surface area contributed by atoms with E-state index in [0.717, 1.165) is 29.8 Å². The maximum atomic E-state index is 12.1. The summed E-state index contributed by atoms with van der Waals surface area (Å²) in [5.74, 6) is 0.906. The fraction of sp³-hybridized carbons (Fsp3) is 0.353. The van der Waals surface area contributed by atoms with Gasteiger partial charge in [0.15, 0.2) is 0 Å². The van der Waals surface area contributed by atoms with Crippen LogP contribution in [0.15, 0.2) is 42.7 Å². The van der Waals surface area contributed by atoms with Crippen LogP contribution in [0.25, 0.3) is 11.0 Å². The molecule has 0 aliphatic rings. The second kappa shape index (κ2) is 6.64. The Morgan fingerprint density at radius 1 is 1.30 bits per heavy atom. The van der Waals surface area contributed by atoms with Gasteiger partial charge in [-0.3, -0.25) is 9.48 Å². The van der Waals surface area contributed by atoms with Gasteiger partial charge in [-0.1, -0.05) is 12.1 Å². The number of carbonyl (C=O) groups is 1. The number of amides is 1. The summed E-state index contributed by atoms with van der Waals surface area (Å²) in [7, 11) is 1.98. The number of nitrogens with one attached hydrogen (secondary N) is 1. The molecule has 1 N–H and O–H groups in total.